The topological polar surface area (TPSA) is 28.7 Å². The highest BCUT2D eigenvalue weighted by Gasteiger charge is 1.88. The van der Waals surface area contributed by atoms with Crippen molar-refractivity contribution >= 4 is 10.9 Å². The van der Waals surface area contributed by atoms with Crippen molar-refractivity contribution in [3.8, 4) is 0 Å². The predicted octanol–water partition coefficient (Wildman–Crippen LogP) is 4.01. The molecule has 0 saturated carbocycles. The molecule has 0 aliphatic heterocycles. The molecular weight excluding hydrogens is 172 g/mol. The molecule has 1 aromatic carbocycles. The molecule has 0 atom stereocenters. The first-order valence-corrected chi connectivity index (χ1v) is 5.26. The van der Waals surface area contributed by atoms with Crippen LogP contribution >= 0.6 is 0 Å². The number of H-pyrrole nitrogens is 1. The predicted molar refractivity (Wildman–Crippen MR) is 63.4 cm³/mol. The lowest BCUT2D eigenvalue weighted by atomic mass is 10.3. The Morgan fingerprint density at radius 2 is 1.93 bits per heavy atom. The normalized spacial score (nSPS) is 9.57. The molecule has 2 aromatic rings. The fraction of sp³-hybridized carbons (Fsp3) is 0.417. The molecule has 1 heterocycles. The van der Waals surface area contributed by atoms with Crippen LogP contribution in [0.15, 0.2) is 30.5 Å². The molecule has 1 aromatic heterocycles. The molecular formula is C12H20N2. The largest absolute Gasteiger partial charge is 0.278 e. The van der Waals surface area contributed by atoms with Crippen LogP contribution in [-0.2, 0) is 0 Å². The molecule has 0 radical (unpaired) electrons. The Morgan fingerprint density at radius 1 is 1.21 bits per heavy atom. The van der Waals surface area contributed by atoms with Crippen LogP contribution in [-0.4, -0.2) is 10.2 Å². The van der Waals surface area contributed by atoms with Gasteiger partial charge < -0.3 is 0 Å². The molecule has 0 aliphatic carbocycles. The van der Waals surface area contributed by atoms with Gasteiger partial charge in [-0.3, -0.25) is 5.10 Å². The summed E-state index contributed by atoms with van der Waals surface area (Å²) in [4.78, 5) is 0. The summed E-state index contributed by atoms with van der Waals surface area (Å²) >= 11 is 0. The lowest BCUT2D eigenvalue weighted by Crippen LogP contribution is -1.63. The molecule has 0 bridgehead atoms. The summed E-state index contributed by atoms with van der Waals surface area (Å²) in [5, 5.41) is 7.91. The lowest BCUT2D eigenvalue weighted by Gasteiger charge is -1.81. The summed E-state index contributed by atoms with van der Waals surface area (Å²) in [5.41, 5.74) is 1.09. The third-order valence-electron chi connectivity index (χ3n) is 2.06. The van der Waals surface area contributed by atoms with Gasteiger partial charge in [0.2, 0.25) is 0 Å². The second kappa shape index (κ2) is 6.19. The van der Waals surface area contributed by atoms with Gasteiger partial charge in [0, 0.05) is 6.81 Å². The molecule has 0 saturated heterocycles. The van der Waals surface area contributed by atoms with Gasteiger partial charge in [0.15, 0.2) is 0 Å². The molecule has 0 spiro atoms. The molecule has 2 nitrogen and oxygen atoms in total. The maximum absolute atomic E-state index is 3.88. The van der Waals surface area contributed by atoms with Crippen LogP contribution in [0.2, 0.25) is 0 Å². The molecule has 2 heteroatoms. The molecule has 14 heavy (non-hydrogen) atoms. The highest BCUT2D eigenvalue weighted by atomic mass is 15.1. The smallest absolute Gasteiger partial charge is 0.0650 e. The van der Waals surface area contributed by atoms with E-state index in [1.165, 1.54) is 19.3 Å². The van der Waals surface area contributed by atoms with Gasteiger partial charge >= 0.3 is 0 Å². The van der Waals surface area contributed by atoms with E-state index in [0.717, 1.165) is 10.9 Å². The molecule has 78 valence electrons. The summed E-state index contributed by atoms with van der Waals surface area (Å²) < 4.78 is 0. The second-order valence-corrected chi connectivity index (χ2v) is 3.31. The molecule has 2 rings (SSSR count). The first-order chi connectivity index (χ1) is 6.88. The molecule has 0 fully saturated rings. The van der Waals surface area contributed by atoms with E-state index in [4.69, 9.17) is 0 Å². The van der Waals surface area contributed by atoms with E-state index < -0.39 is 0 Å². The van der Waals surface area contributed by atoms with Crippen LogP contribution in [0.25, 0.3) is 10.9 Å². The summed E-state index contributed by atoms with van der Waals surface area (Å²) in [5.74, 6) is 0. The number of aromatic nitrogens is 2. The van der Waals surface area contributed by atoms with Gasteiger partial charge in [-0.15, -0.1) is 0 Å². The first-order valence-electron chi connectivity index (χ1n) is 5.26. The minimum Gasteiger partial charge on any atom is -0.278 e. The average molecular weight is 192 g/mol. The zero-order valence-corrected chi connectivity index (χ0v) is 8.96. The van der Waals surface area contributed by atoms with Crippen molar-refractivity contribution in [1.29, 1.82) is 0 Å². The Labute approximate surface area is 86.8 Å². The zero-order valence-electron chi connectivity index (χ0n) is 8.96. The highest BCUT2D eigenvalue weighted by molar-refractivity contribution is 5.77. The molecule has 1 N–H and O–H groups in total. The van der Waals surface area contributed by atoms with Crippen LogP contribution in [0.1, 0.15) is 34.5 Å². The standard InChI is InChI=1S/C7H6N2.C5H12.H2/c1-2-4-7-6(3-1)5-8-9-7;1-3-5-4-2;/h1-5H,(H,8,9);3-5H2,1-2H3;1H. The van der Waals surface area contributed by atoms with Crippen molar-refractivity contribution in [3.05, 3.63) is 30.5 Å². The number of para-hydroxylation sites is 1. The molecule has 0 amide bonds. The number of fused-ring (bicyclic) bond motifs is 1. The van der Waals surface area contributed by atoms with Gasteiger partial charge in [-0.1, -0.05) is 51.3 Å². The SMILES string of the molecule is CCCCC.[HH].c1ccc2[nH]ncc2c1. The monoisotopic (exact) mass is 192 g/mol. The minimum atomic E-state index is 0. The minimum absolute atomic E-state index is 0. The third-order valence-corrected chi connectivity index (χ3v) is 2.06. The summed E-state index contributed by atoms with van der Waals surface area (Å²) in [6.07, 6.45) is 5.89. The maximum atomic E-state index is 3.88. The number of rotatable bonds is 2. The first kappa shape index (κ1) is 10.8. The van der Waals surface area contributed by atoms with Crippen LogP contribution in [0.3, 0.4) is 0 Å². The fourth-order valence-electron chi connectivity index (χ4n) is 1.24. The van der Waals surface area contributed by atoms with E-state index in [0.29, 0.717) is 0 Å². The van der Waals surface area contributed by atoms with Crippen molar-refractivity contribution in [2.45, 2.75) is 33.1 Å². The Morgan fingerprint density at radius 3 is 2.50 bits per heavy atom. The Balaban J connectivity index is 0.000000289. The highest BCUT2D eigenvalue weighted by Crippen LogP contribution is 2.06. The lowest BCUT2D eigenvalue weighted by molar-refractivity contribution is 0.772. The van der Waals surface area contributed by atoms with E-state index in [1.807, 2.05) is 30.5 Å². The number of aromatic amines is 1. The second-order valence-electron chi connectivity index (χ2n) is 3.31. The maximum Gasteiger partial charge on any atom is 0.0650 e. The van der Waals surface area contributed by atoms with Crippen molar-refractivity contribution in [2.75, 3.05) is 0 Å². The van der Waals surface area contributed by atoms with E-state index in [2.05, 4.69) is 24.0 Å². The van der Waals surface area contributed by atoms with Crippen LogP contribution in [0.5, 0.6) is 0 Å². The van der Waals surface area contributed by atoms with E-state index >= 15 is 0 Å². The van der Waals surface area contributed by atoms with Crippen LogP contribution in [0.4, 0.5) is 0 Å². The third kappa shape index (κ3) is 3.21. The summed E-state index contributed by atoms with van der Waals surface area (Å²) in [7, 11) is 0. The van der Waals surface area contributed by atoms with Crippen LogP contribution in [0, 0.1) is 0 Å². The van der Waals surface area contributed by atoms with E-state index in [-0.39, 0.29) is 1.43 Å². The van der Waals surface area contributed by atoms with Gasteiger partial charge in [0.25, 0.3) is 0 Å². The number of nitrogens with one attached hydrogen (secondary N) is 1. The van der Waals surface area contributed by atoms with Gasteiger partial charge in [0.1, 0.15) is 0 Å². The number of benzene rings is 1. The average Bonchev–Trinajstić information content (AvgIpc) is 2.67. The molecule has 0 aliphatic rings. The quantitative estimate of drug-likeness (QED) is 0.765. The van der Waals surface area contributed by atoms with Crippen molar-refractivity contribution < 1.29 is 1.43 Å². The number of nitrogens with zero attached hydrogens (tertiary/aromatic N) is 1. The number of unbranched alkanes of at least 4 members (excludes halogenated alkanes) is 2. The fourth-order valence-corrected chi connectivity index (χ4v) is 1.24. The summed E-state index contributed by atoms with van der Waals surface area (Å²) in [6.45, 7) is 4.42. The van der Waals surface area contributed by atoms with Crippen LogP contribution < -0.4 is 0 Å². The van der Waals surface area contributed by atoms with Crippen molar-refractivity contribution in [1.82, 2.24) is 10.2 Å². The van der Waals surface area contributed by atoms with Gasteiger partial charge in [0.05, 0.1) is 11.7 Å². The van der Waals surface area contributed by atoms with Crippen molar-refractivity contribution in [3.63, 3.8) is 0 Å². The van der Waals surface area contributed by atoms with Gasteiger partial charge in [-0.05, 0) is 6.07 Å². The van der Waals surface area contributed by atoms with E-state index in [9.17, 15) is 0 Å². The Hall–Kier alpha value is -1.31. The number of hydrogen-bond acceptors (Lipinski definition) is 1. The van der Waals surface area contributed by atoms with Crippen molar-refractivity contribution in [2.24, 2.45) is 0 Å². The molecule has 0 unspecified atom stereocenters. The van der Waals surface area contributed by atoms with E-state index in [1.54, 1.807) is 0 Å². The number of hydrogen-bond donors (Lipinski definition) is 1. The van der Waals surface area contributed by atoms with Gasteiger partial charge in [-0.2, -0.15) is 5.10 Å². The zero-order chi connectivity index (χ0) is 10.2. The summed E-state index contributed by atoms with van der Waals surface area (Å²) in [6, 6.07) is 8.01. The Kier molecular flexibility index (Phi) is 4.76. The Bertz CT molecular complexity index is 325. The van der Waals surface area contributed by atoms with Gasteiger partial charge in [-0.25, -0.2) is 0 Å².